The van der Waals surface area contributed by atoms with Crippen LogP contribution < -0.4 is 14.8 Å². The first-order valence-corrected chi connectivity index (χ1v) is 9.46. The number of benzene rings is 2. The Morgan fingerprint density at radius 1 is 1.18 bits per heavy atom. The number of nitrogens with one attached hydrogen (secondary N) is 1. The molecule has 2 aromatic rings. The summed E-state index contributed by atoms with van der Waals surface area (Å²) in [5, 5.41) is 3.15. The Hall–Kier alpha value is -3.06. The van der Waals surface area contributed by atoms with Crippen molar-refractivity contribution in [2.24, 2.45) is 4.99 Å². The predicted molar refractivity (Wildman–Crippen MR) is 111 cm³/mol. The molecule has 5 nitrogen and oxygen atoms in total. The molecule has 0 aliphatic carbocycles. The standard InChI is InChI=1S/C21H19FN2O3S/c1-3-11-27-17-10-5-14(12-18(17)26-4-2)13-19-20(25)24-21(28-19)23-16-8-6-15(22)7-9-16/h3,5-10,12-13H,1,4,11H2,2H3,(H,23,24,25)/b19-13+. The smallest absolute Gasteiger partial charge is 0.264 e. The number of amidine groups is 1. The molecule has 1 fully saturated rings. The Balaban J connectivity index is 1.80. The molecule has 3 rings (SSSR count). The van der Waals surface area contributed by atoms with Gasteiger partial charge in [-0.1, -0.05) is 18.7 Å². The summed E-state index contributed by atoms with van der Waals surface area (Å²) >= 11 is 1.22. The van der Waals surface area contributed by atoms with Gasteiger partial charge in [-0.3, -0.25) is 4.79 Å². The van der Waals surface area contributed by atoms with Crippen molar-refractivity contribution in [1.29, 1.82) is 0 Å². The van der Waals surface area contributed by atoms with Crippen LogP contribution in [-0.2, 0) is 4.79 Å². The summed E-state index contributed by atoms with van der Waals surface area (Å²) in [7, 11) is 0. The second-order valence-electron chi connectivity index (χ2n) is 5.70. The fraction of sp³-hybridized carbons (Fsp3) is 0.143. The lowest BCUT2D eigenvalue weighted by molar-refractivity contribution is -0.115. The van der Waals surface area contributed by atoms with Crippen molar-refractivity contribution >= 4 is 34.6 Å². The number of hydrogen-bond acceptors (Lipinski definition) is 5. The minimum atomic E-state index is -0.335. The summed E-state index contributed by atoms with van der Waals surface area (Å²) in [5.74, 6) is 0.641. The van der Waals surface area contributed by atoms with Crippen molar-refractivity contribution in [2.45, 2.75) is 6.92 Å². The number of carbonyl (C=O) groups is 1. The first kappa shape index (κ1) is 19.7. The number of amides is 1. The van der Waals surface area contributed by atoms with E-state index in [9.17, 15) is 9.18 Å². The highest BCUT2D eigenvalue weighted by atomic mass is 32.2. The van der Waals surface area contributed by atoms with Crippen LogP contribution in [0.2, 0.25) is 0 Å². The van der Waals surface area contributed by atoms with Crippen LogP contribution >= 0.6 is 11.8 Å². The molecule has 0 radical (unpaired) electrons. The van der Waals surface area contributed by atoms with Gasteiger partial charge >= 0.3 is 0 Å². The lowest BCUT2D eigenvalue weighted by Crippen LogP contribution is -2.19. The normalized spacial score (nSPS) is 16.3. The monoisotopic (exact) mass is 398 g/mol. The summed E-state index contributed by atoms with van der Waals surface area (Å²) in [4.78, 5) is 17.1. The Morgan fingerprint density at radius 3 is 2.68 bits per heavy atom. The van der Waals surface area contributed by atoms with Crippen molar-refractivity contribution < 1.29 is 18.7 Å². The second kappa shape index (κ2) is 9.23. The third-order valence-corrected chi connectivity index (χ3v) is 4.54. The molecular formula is C21H19FN2O3S. The van der Waals surface area contributed by atoms with Crippen molar-refractivity contribution in [3.63, 3.8) is 0 Å². The van der Waals surface area contributed by atoms with E-state index in [1.807, 2.05) is 19.1 Å². The van der Waals surface area contributed by atoms with E-state index < -0.39 is 0 Å². The molecule has 0 atom stereocenters. The minimum absolute atomic E-state index is 0.240. The molecule has 28 heavy (non-hydrogen) atoms. The molecule has 2 aromatic carbocycles. The van der Waals surface area contributed by atoms with Crippen LogP contribution in [0.3, 0.4) is 0 Å². The molecule has 0 saturated carbocycles. The minimum Gasteiger partial charge on any atom is -0.490 e. The van der Waals surface area contributed by atoms with E-state index >= 15 is 0 Å². The average Bonchev–Trinajstić information content (AvgIpc) is 3.02. The molecule has 0 aromatic heterocycles. The maximum Gasteiger partial charge on any atom is 0.264 e. The highest BCUT2D eigenvalue weighted by Gasteiger charge is 2.24. The molecule has 1 aliphatic heterocycles. The fourth-order valence-corrected chi connectivity index (χ4v) is 3.26. The number of thioether (sulfide) groups is 1. The number of aliphatic imine (C=N–C) groups is 1. The predicted octanol–water partition coefficient (Wildman–Crippen LogP) is 4.68. The third-order valence-electron chi connectivity index (χ3n) is 3.63. The van der Waals surface area contributed by atoms with Crippen molar-refractivity contribution in [2.75, 3.05) is 13.2 Å². The Labute approximate surface area is 167 Å². The van der Waals surface area contributed by atoms with E-state index in [0.29, 0.717) is 40.5 Å². The van der Waals surface area contributed by atoms with Gasteiger partial charge in [-0.2, -0.15) is 0 Å². The zero-order valence-electron chi connectivity index (χ0n) is 15.3. The van der Waals surface area contributed by atoms with Crippen LogP contribution in [0.25, 0.3) is 6.08 Å². The van der Waals surface area contributed by atoms with Gasteiger partial charge in [0.05, 0.1) is 17.2 Å². The summed E-state index contributed by atoms with van der Waals surface area (Å²) < 4.78 is 24.2. The van der Waals surface area contributed by atoms with Gasteiger partial charge in [-0.25, -0.2) is 9.38 Å². The first-order valence-electron chi connectivity index (χ1n) is 8.64. The zero-order valence-corrected chi connectivity index (χ0v) is 16.1. The highest BCUT2D eigenvalue weighted by Crippen LogP contribution is 2.32. The summed E-state index contributed by atoms with van der Waals surface area (Å²) in [6.45, 7) is 6.40. The first-order chi connectivity index (χ1) is 13.6. The molecule has 7 heteroatoms. The van der Waals surface area contributed by atoms with Gasteiger partial charge in [0.1, 0.15) is 12.4 Å². The van der Waals surface area contributed by atoms with Crippen molar-refractivity contribution in [1.82, 2.24) is 5.32 Å². The molecular weight excluding hydrogens is 379 g/mol. The Morgan fingerprint density at radius 2 is 1.96 bits per heavy atom. The van der Waals surface area contributed by atoms with Crippen LogP contribution in [0.4, 0.5) is 10.1 Å². The number of carbonyl (C=O) groups excluding carboxylic acids is 1. The fourth-order valence-electron chi connectivity index (χ4n) is 2.42. The Kier molecular flexibility index (Phi) is 6.49. The number of hydrogen-bond donors (Lipinski definition) is 1. The number of halogens is 1. The average molecular weight is 398 g/mol. The molecule has 1 aliphatic rings. The quantitative estimate of drug-likeness (QED) is 0.543. The van der Waals surface area contributed by atoms with Gasteiger partial charge in [0, 0.05) is 0 Å². The van der Waals surface area contributed by atoms with E-state index in [4.69, 9.17) is 9.47 Å². The van der Waals surface area contributed by atoms with Gasteiger partial charge in [0.2, 0.25) is 0 Å². The van der Waals surface area contributed by atoms with E-state index in [1.165, 1.54) is 23.9 Å². The van der Waals surface area contributed by atoms with Gasteiger partial charge in [0.25, 0.3) is 5.91 Å². The van der Waals surface area contributed by atoms with E-state index in [0.717, 1.165) is 5.56 Å². The lowest BCUT2D eigenvalue weighted by Gasteiger charge is -2.11. The Bertz CT molecular complexity index is 939. The van der Waals surface area contributed by atoms with Crippen LogP contribution in [0.15, 0.2) is 65.0 Å². The highest BCUT2D eigenvalue weighted by molar-refractivity contribution is 8.18. The van der Waals surface area contributed by atoms with Crippen LogP contribution in [0.1, 0.15) is 12.5 Å². The molecule has 0 bridgehead atoms. The number of nitrogens with zero attached hydrogens (tertiary/aromatic N) is 1. The third kappa shape index (κ3) is 5.01. The van der Waals surface area contributed by atoms with E-state index in [-0.39, 0.29) is 11.7 Å². The molecule has 144 valence electrons. The van der Waals surface area contributed by atoms with E-state index in [2.05, 4.69) is 16.9 Å². The van der Waals surface area contributed by atoms with Crippen LogP contribution in [-0.4, -0.2) is 24.3 Å². The van der Waals surface area contributed by atoms with E-state index in [1.54, 1.807) is 30.4 Å². The molecule has 1 saturated heterocycles. The van der Waals surface area contributed by atoms with Crippen molar-refractivity contribution in [3.8, 4) is 11.5 Å². The number of rotatable bonds is 7. The summed E-state index contributed by atoms with van der Waals surface area (Å²) in [6.07, 6.45) is 3.42. The molecule has 0 unspecified atom stereocenters. The molecule has 0 spiro atoms. The summed E-state index contributed by atoms with van der Waals surface area (Å²) in [6, 6.07) is 11.2. The maximum absolute atomic E-state index is 13.0. The van der Waals surface area contributed by atoms with Crippen molar-refractivity contribution in [3.05, 3.63) is 71.4 Å². The topological polar surface area (TPSA) is 59.9 Å². The maximum atomic E-state index is 13.0. The lowest BCUT2D eigenvalue weighted by atomic mass is 10.2. The van der Waals surface area contributed by atoms with Gasteiger partial charge in [0.15, 0.2) is 16.7 Å². The second-order valence-corrected chi connectivity index (χ2v) is 6.73. The number of ether oxygens (including phenoxy) is 2. The molecule has 1 amide bonds. The largest absolute Gasteiger partial charge is 0.490 e. The van der Waals surface area contributed by atoms with Gasteiger partial charge < -0.3 is 14.8 Å². The van der Waals surface area contributed by atoms with Crippen LogP contribution in [0.5, 0.6) is 11.5 Å². The molecule has 1 heterocycles. The van der Waals surface area contributed by atoms with Gasteiger partial charge in [-0.15, -0.1) is 0 Å². The van der Waals surface area contributed by atoms with Gasteiger partial charge in [-0.05, 0) is 66.7 Å². The zero-order chi connectivity index (χ0) is 19.9. The SMILES string of the molecule is C=CCOc1ccc(/C=C2/SC(=Nc3ccc(F)cc3)NC2=O)cc1OCC. The summed E-state index contributed by atoms with van der Waals surface area (Å²) in [5.41, 5.74) is 1.36. The van der Waals surface area contributed by atoms with Crippen LogP contribution in [0, 0.1) is 5.82 Å². The molecule has 1 N–H and O–H groups in total.